The standard InChI is InChI=1S/C19H17F3N4/c1-12-15-4-3-14(20)10-16(15)25-18(24-12)13-2-5-17(23-11-13)26-8-6-19(21,22)7-9-26/h2-5,10-11H,6-9H2,1H3. The first kappa shape index (κ1) is 16.8. The summed E-state index contributed by atoms with van der Waals surface area (Å²) in [4.78, 5) is 15.1. The van der Waals surface area contributed by atoms with Crippen molar-refractivity contribution in [3.05, 3.63) is 48.0 Å². The molecule has 1 aromatic carbocycles. The molecule has 0 aliphatic carbocycles. The highest BCUT2D eigenvalue weighted by Crippen LogP contribution is 2.30. The number of pyridine rings is 1. The number of nitrogens with zero attached hydrogens (tertiary/aromatic N) is 4. The third-order valence-electron chi connectivity index (χ3n) is 4.67. The van der Waals surface area contributed by atoms with Gasteiger partial charge < -0.3 is 4.90 Å². The van der Waals surface area contributed by atoms with E-state index >= 15 is 0 Å². The molecule has 1 aliphatic heterocycles. The molecule has 4 rings (SSSR count). The second-order valence-electron chi connectivity index (χ2n) is 6.54. The fourth-order valence-corrected chi connectivity index (χ4v) is 3.16. The highest BCUT2D eigenvalue weighted by Gasteiger charge is 2.34. The predicted molar refractivity (Wildman–Crippen MR) is 93.9 cm³/mol. The minimum absolute atomic E-state index is 0.158. The van der Waals surface area contributed by atoms with Gasteiger partial charge in [-0.25, -0.2) is 28.1 Å². The van der Waals surface area contributed by atoms with Crippen molar-refractivity contribution in [2.45, 2.75) is 25.7 Å². The van der Waals surface area contributed by atoms with Crippen molar-refractivity contribution in [2.75, 3.05) is 18.0 Å². The first-order chi connectivity index (χ1) is 12.4. The van der Waals surface area contributed by atoms with Gasteiger partial charge in [-0.2, -0.15) is 0 Å². The molecular weight excluding hydrogens is 341 g/mol. The molecule has 4 nitrogen and oxygen atoms in total. The van der Waals surface area contributed by atoms with Crippen molar-refractivity contribution in [1.82, 2.24) is 15.0 Å². The Kier molecular flexibility index (Phi) is 4.01. The maximum absolute atomic E-state index is 13.5. The van der Waals surface area contributed by atoms with Crippen LogP contribution in [-0.2, 0) is 0 Å². The van der Waals surface area contributed by atoms with Crippen molar-refractivity contribution >= 4 is 16.7 Å². The van der Waals surface area contributed by atoms with Gasteiger partial charge in [-0.3, -0.25) is 0 Å². The van der Waals surface area contributed by atoms with E-state index in [9.17, 15) is 13.2 Å². The average molecular weight is 358 g/mol. The number of aromatic nitrogens is 3. The Morgan fingerprint density at radius 2 is 1.81 bits per heavy atom. The molecule has 0 bridgehead atoms. The smallest absolute Gasteiger partial charge is 0.251 e. The van der Waals surface area contributed by atoms with Gasteiger partial charge in [0, 0.05) is 54.8 Å². The lowest BCUT2D eigenvalue weighted by Crippen LogP contribution is -2.39. The van der Waals surface area contributed by atoms with E-state index in [2.05, 4.69) is 15.0 Å². The molecule has 0 saturated carbocycles. The number of alkyl halides is 2. The number of aryl methyl sites for hydroxylation is 1. The molecule has 3 aromatic rings. The van der Waals surface area contributed by atoms with Crippen LogP contribution in [0.2, 0.25) is 0 Å². The highest BCUT2D eigenvalue weighted by atomic mass is 19.3. The van der Waals surface area contributed by atoms with Crippen molar-refractivity contribution in [3.63, 3.8) is 0 Å². The van der Waals surface area contributed by atoms with E-state index < -0.39 is 5.92 Å². The quantitative estimate of drug-likeness (QED) is 0.682. The molecule has 1 saturated heterocycles. The van der Waals surface area contributed by atoms with Gasteiger partial charge in [0.25, 0.3) is 5.92 Å². The molecule has 2 aromatic heterocycles. The number of piperidine rings is 1. The van der Waals surface area contributed by atoms with Gasteiger partial charge in [0.05, 0.1) is 5.52 Å². The first-order valence-corrected chi connectivity index (χ1v) is 8.44. The summed E-state index contributed by atoms with van der Waals surface area (Å²) in [5, 5.41) is 0.800. The molecular formula is C19H17F3N4. The zero-order valence-electron chi connectivity index (χ0n) is 14.2. The second kappa shape index (κ2) is 6.23. The minimum Gasteiger partial charge on any atom is -0.356 e. The highest BCUT2D eigenvalue weighted by molar-refractivity contribution is 5.82. The molecule has 0 amide bonds. The van der Waals surface area contributed by atoms with Gasteiger partial charge in [-0.05, 0) is 31.2 Å². The normalized spacial score (nSPS) is 16.8. The first-order valence-electron chi connectivity index (χ1n) is 8.44. The number of fused-ring (bicyclic) bond motifs is 1. The number of rotatable bonds is 2. The van der Waals surface area contributed by atoms with Crippen LogP contribution >= 0.6 is 0 Å². The second-order valence-corrected chi connectivity index (χ2v) is 6.54. The van der Waals surface area contributed by atoms with Crippen molar-refractivity contribution in [2.24, 2.45) is 0 Å². The molecule has 3 heterocycles. The van der Waals surface area contributed by atoms with Crippen LogP contribution < -0.4 is 4.90 Å². The lowest BCUT2D eigenvalue weighted by atomic mass is 10.1. The maximum Gasteiger partial charge on any atom is 0.251 e. The molecule has 1 fully saturated rings. The van der Waals surface area contributed by atoms with E-state index in [0.717, 1.165) is 11.1 Å². The van der Waals surface area contributed by atoms with E-state index in [0.29, 0.717) is 22.7 Å². The van der Waals surface area contributed by atoms with Crippen LogP contribution in [0.5, 0.6) is 0 Å². The predicted octanol–water partition coefficient (Wildman–Crippen LogP) is 4.37. The SMILES string of the molecule is Cc1nc(-c2ccc(N3CCC(F)(F)CC3)nc2)nc2cc(F)ccc12. The molecule has 0 spiro atoms. The van der Waals surface area contributed by atoms with Crippen LogP contribution in [0, 0.1) is 12.7 Å². The van der Waals surface area contributed by atoms with Crippen LogP contribution in [0.15, 0.2) is 36.5 Å². The van der Waals surface area contributed by atoms with Gasteiger partial charge in [0.2, 0.25) is 0 Å². The summed E-state index contributed by atoms with van der Waals surface area (Å²) in [6.45, 7) is 2.41. The molecule has 1 aliphatic rings. The van der Waals surface area contributed by atoms with Crippen LogP contribution in [-0.4, -0.2) is 34.0 Å². The summed E-state index contributed by atoms with van der Waals surface area (Å²) in [6, 6.07) is 8.03. The summed E-state index contributed by atoms with van der Waals surface area (Å²) >= 11 is 0. The van der Waals surface area contributed by atoms with Crippen molar-refractivity contribution in [3.8, 4) is 11.4 Å². The maximum atomic E-state index is 13.5. The molecule has 7 heteroatoms. The average Bonchev–Trinajstić information content (AvgIpc) is 2.61. The van der Waals surface area contributed by atoms with E-state index in [1.165, 1.54) is 12.1 Å². The van der Waals surface area contributed by atoms with Gasteiger partial charge in [0.15, 0.2) is 5.82 Å². The van der Waals surface area contributed by atoms with E-state index in [1.54, 1.807) is 18.3 Å². The van der Waals surface area contributed by atoms with Gasteiger partial charge in [0.1, 0.15) is 11.6 Å². The minimum atomic E-state index is -2.58. The number of anilines is 1. The van der Waals surface area contributed by atoms with Gasteiger partial charge in [-0.15, -0.1) is 0 Å². The van der Waals surface area contributed by atoms with Crippen LogP contribution in [0.4, 0.5) is 19.0 Å². The summed E-state index contributed by atoms with van der Waals surface area (Å²) < 4.78 is 40.0. The van der Waals surface area contributed by atoms with Crippen molar-refractivity contribution in [1.29, 1.82) is 0 Å². The van der Waals surface area contributed by atoms with E-state index in [1.807, 2.05) is 17.9 Å². The summed E-state index contributed by atoms with van der Waals surface area (Å²) in [6.07, 6.45) is 1.31. The summed E-state index contributed by atoms with van der Waals surface area (Å²) in [7, 11) is 0. The third kappa shape index (κ3) is 3.21. The molecule has 0 unspecified atom stereocenters. The Balaban J connectivity index is 1.62. The fourth-order valence-electron chi connectivity index (χ4n) is 3.16. The Hall–Kier alpha value is -2.70. The zero-order chi connectivity index (χ0) is 18.3. The third-order valence-corrected chi connectivity index (χ3v) is 4.67. The molecule has 26 heavy (non-hydrogen) atoms. The Labute approximate surface area is 148 Å². The zero-order valence-corrected chi connectivity index (χ0v) is 14.2. The van der Waals surface area contributed by atoms with Crippen LogP contribution in [0.25, 0.3) is 22.3 Å². The lowest BCUT2D eigenvalue weighted by molar-refractivity contribution is -0.0221. The topological polar surface area (TPSA) is 41.9 Å². The number of hydrogen-bond donors (Lipinski definition) is 0. The van der Waals surface area contributed by atoms with Gasteiger partial charge in [-0.1, -0.05) is 0 Å². The molecule has 0 atom stereocenters. The monoisotopic (exact) mass is 358 g/mol. The van der Waals surface area contributed by atoms with Gasteiger partial charge >= 0.3 is 0 Å². The molecule has 134 valence electrons. The Bertz CT molecular complexity index is 947. The molecule has 0 N–H and O–H groups in total. The largest absolute Gasteiger partial charge is 0.356 e. The number of benzene rings is 1. The number of halogens is 3. The fraction of sp³-hybridized carbons (Fsp3) is 0.316. The Morgan fingerprint density at radius 3 is 2.50 bits per heavy atom. The van der Waals surface area contributed by atoms with Crippen LogP contribution in [0.1, 0.15) is 18.5 Å². The molecule has 0 radical (unpaired) electrons. The lowest BCUT2D eigenvalue weighted by Gasteiger charge is -2.32. The van der Waals surface area contributed by atoms with Crippen LogP contribution in [0.3, 0.4) is 0 Å². The van der Waals surface area contributed by atoms with E-state index in [4.69, 9.17) is 0 Å². The summed E-state index contributed by atoms with van der Waals surface area (Å²) in [5.74, 6) is -1.81. The van der Waals surface area contributed by atoms with E-state index in [-0.39, 0.29) is 31.7 Å². The van der Waals surface area contributed by atoms with Crippen molar-refractivity contribution < 1.29 is 13.2 Å². The summed E-state index contributed by atoms with van der Waals surface area (Å²) in [5.41, 5.74) is 1.99. The Morgan fingerprint density at radius 1 is 1.04 bits per heavy atom. The number of hydrogen-bond acceptors (Lipinski definition) is 4.